The molecule has 2 aliphatic rings. The number of nitrogens with zero attached hydrogens (tertiary/aromatic N) is 5. The third kappa shape index (κ3) is 4.91. The van der Waals surface area contributed by atoms with Gasteiger partial charge in [0.1, 0.15) is 11.6 Å². The van der Waals surface area contributed by atoms with Crippen molar-refractivity contribution in [3.8, 4) is 0 Å². The zero-order valence-electron chi connectivity index (χ0n) is 19.0. The first kappa shape index (κ1) is 22.2. The zero-order valence-corrected chi connectivity index (χ0v) is 19.0. The van der Waals surface area contributed by atoms with E-state index in [0.29, 0.717) is 24.5 Å². The van der Waals surface area contributed by atoms with Gasteiger partial charge in [-0.15, -0.1) is 0 Å². The maximum absolute atomic E-state index is 12.7. The van der Waals surface area contributed by atoms with Gasteiger partial charge in [0.2, 0.25) is 5.82 Å². The third-order valence-corrected chi connectivity index (χ3v) is 6.16. The Kier molecular flexibility index (Phi) is 6.69. The van der Waals surface area contributed by atoms with E-state index in [1.54, 1.807) is 11.9 Å². The van der Waals surface area contributed by atoms with E-state index in [4.69, 9.17) is 5.73 Å². The number of nitrogens with two attached hydrogens (primary N) is 1. The molecule has 1 fully saturated rings. The first-order valence-electron chi connectivity index (χ1n) is 11.4. The van der Waals surface area contributed by atoms with Crippen molar-refractivity contribution in [3.05, 3.63) is 46.8 Å². The summed E-state index contributed by atoms with van der Waals surface area (Å²) >= 11 is 0. The second-order valence-corrected chi connectivity index (χ2v) is 8.83. The van der Waals surface area contributed by atoms with Crippen molar-refractivity contribution in [2.24, 2.45) is 0 Å². The van der Waals surface area contributed by atoms with E-state index in [-0.39, 0.29) is 36.3 Å². The van der Waals surface area contributed by atoms with Crippen LogP contribution in [0.15, 0.2) is 24.3 Å². The van der Waals surface area contributed by atoms with E-state index in [1.165, 1.54) is 31.5 Å². The van der Waals surface area contributed by atoms with Gasteiger partial charge in [-0.05, 0) is 43.5 Å². The second-order valence-electron chi connectivity index (χ2n) is 8.83. The number of amides is 1. The summed E-state index contributed by atoms with van der Waals surface area (Å²) in [6.07, 6.45) is 3.61. The first-order chi connectivity index (χ1) is 15.4. The Hall–Kier alpha value is -3.00. The molecular formula is C24H32N6O2. The minimum absolute atomic E-state index is 0.0700. The number of hydrogen-bond acceptors (Lipinski definition) is 7. The van der Waals surface area contributed by atoms with Gasteiger partial charge < -0.3 is 15.5 Å². The second kappa shape index (κ2) is 9.65. The number of hydrogen-bond donors (Lipinski definition) is 1. The number of fused-ring (bicyclic) bond motifs is 1. The van der Waals surface area contributed by atoms with Crippen LogP contribution in [-0.4, -0.2) is 64.7 Å². The topological polar surface area (TPSA) is 95.7 Å². The van der Waals surface area contributed by atoms with E-state index in [2.05, 4.69) is 39.1 Å². The van der Waals surface area contributed by atoms with E-state index >= 15 is 0 Å². The number of nitrogen functional groups attached to an aromatic ring is 1. The number of ketones is 1. The Morgan fingerprint density at radius 3 is 2.41 bits per heavy atom. The number of Topliss-reactive ketones (excluding diaryl/α,β-unsaturated/α-hetero) is 1. The standard InChI is InChI=1S/C24H32N6O2/c1-3-10-28(2)24(32)22-26-21(25)20-13-19(31)16-30(23(20)27-22)15-18-8-6-17(7-9-18)14-29-11-4-5-12-29/h6-9H,3-5,10-16H2,1-2H3,(H2,25,26,27). The predicted molar refractivity (Wildman–Crippen MR) is 124 cm³/mol. The largest absolute Gasteiger partial charge is 0.383 e. The van der Waals surface area contributed by atoms with Gasteiger partial charge in [-0.25, -0.2) is 9.97 Å². The SMILES string of the molecule is CCCN(C)C(=O)c1nc(N)c2c(n1)N(Cc1ccc(CN3CCCC3)cc1)CC(=O)C2. The van der Waals surface area contributed by atoms with E-state index < -0.39 is 0 Å². The van der Waals surface area contributed by atoms with Crippen LogP contribution in [0.5, 0.6) is 0 Å². The number of carbonyl (C=O) groups is 2. The third-order valence-electron chi connectivity index (χ3n) is 6.16. The minimum atomic E-state index is -0.260. The summed E-state index contributed by atoms with van der Waals surface area (Å²) in [7, 11) is 1.73. The molecule has 2 aromatic rings. The fourth-order valence-electron chi connectivity index (χ4n) is 4.46. The normalized spacial score (nSPS) is 16.3. The van der Waals surface area contributed by atoms with Crippen LogP contribution in [0.1, 0.15) is 53.5 Å². The molecule has 170 valence electrons. The smallest absolute Gasteiger partial charge is 0.291 e. The molecule has 1 aromatic carbocycles. The Morgan fingerprint density at radius 2 is 1.75 bits per heavy atom. The fourth-order valence-corrected chi connectivity index (χ4v) is 4.46. The average molecular weight is 437 g/mol. The average Bonchev–Trinajstić information content (AvgIpc) is 3.28. The maximum atomic E-state index is 12.7. The quantitative estimate of drug-likeness (QED) is 0.711. The van der Waals surface area contributed by atoms with Gasteiger partial charge in [0, 0.05) is 38.7 Å². The van der Waals surface area contributed by atoms with Gasteiger partial charge in [-0.1, -0.05) is 31.2 Å². The predicted octanol–water partition coefficient (Wildman–Crippen LogP) is 2.27. The van der Waals surface area contributed by atoms with E-state index in [0.717, 1.165) is 18.5 Å². The lowest BCUT2D eigenvalue weighted by atomic mass is 10.0. The molecule has 0 bridgehead atoms. The zero-order chi connectivity index (χ0) is 22.7. The summed E-state index contributed by atoms with van der Waals surface area (Å²) in [6.45, 7) is 6.72. The van der Waals surface area contributed by atoms with Crippen LogP contribution < -0.4 is 10.6 Å². The highest BCUT2D eigenvalue weighted by Gasteiger charge is 2.29. The van der Waals surface area contributed by atoms with E-state index in [1.807, 2.05) is 11.8 Å². The van der Waals surface area contributed by atoms with Crippen LogP contribution in [-0.2, 0) is 24.3 Å². The number of carbonyl (C=O) groups excluding carboxylic acids is 2. The molecule has 0 spiro atoms. The molecule has 2 aliphatic heterocycles. The number of aromatic nitrogens is 2. The van der Waals surface area contributed by atoms with Gasteiger partial charge in [-0.3, -0.25) is 14.5 Å². The summed E-state index contributed by atoms with van der Waals surface area (Å²) in [5, 5.41) is 0. The summed E-state index contributed by atoms with van der Waals surface area (Å²) in [5.41, 5.74) is 9.16. The molecule has 0 radical (unpaired) electrons. The lowest BCUT2D eigenvalue weighted by Crippen LogP contribution is -2.38. The minimum Gasteiger partial charge on any atom is -0.383 e. The highest BCUT2D eigenvalue weighted by Crippen LogP contribution is 2.29. The lowest BCUT2D eigenvalue weighted by Gasteiger charge is -2.30. The molecule has 4 rings (SSSR count). The monoisotopic (exact) mass is 436 g/mol. The lowest BCUT2D eigenvalue weighted by molar-refractivity contribution is -0.117. The number of anilines is 2. The molecule has 0 saturated carbocycles. The molecule has 2 N–H and O–H groups in total. The van der Waals surface area contributed by atoms with Crippen molar-refractivity contribution in [2.45, 2.75) is 45.7 Å². The molecule has 32 heavy (non-hydrogen) atoms. The summed E-state index contributed by atoms with van der Waals surface area (Å²) in [5.74, 6) is 0.691. The molecular weight excluding hydrogens is 404 g/mol. The highest BCUT2D eigenvalue weighted by molar-refractivity contribution is 5.94. The van der Waals surface area contributed by atoms with Crippen LogP contribution >= 0.6 is 0 Å². The highest BCUT2D eigenvalue weighted by atomic mass is 16.2. The molecule has 8 heteroatoms. The number of rotatable bonds is 7. The van der Waals surface area contributed by atoms with Crippen molar-refractivity contribution >= 4 is 23.3 Å². The molecule has 1 amide bonds. The van der Waals surface area contributed by atoms with Crippen molar-refractivity contribution in [1.29, 1.82) is 0 Å². The number of benzene rings is 1. The number of likely N-dealkylation sites (tertiary alicyclic amines) is 1. The summed E-state index contributed by atoms with van der Waals surface area (Å²) < 4.78 is 0. The molecule has 8 nitrogen and oxygen atoms in total. The maximum Gasteiger partial charge on any atom is 0.291 e. The molecule has 1 saturated heterocycles. The van der Waals surface area contributed by atoms with Crippen LogP contribution in [0.2, 0.25) is 0 Å². The molecule has 0 atom stereocenters. The van der Waals surface area contributed by atoms with Crippen molar-refractivity contribution < 1.29 is 9.59 Å². The van der Waals surface area contributed by atoms with Crippen molar-refractivity contribution in [3.63, 3.8) is 0 Å². The van der Waals surface area contributed by atoms with Crippen molar-refractivity contribution in [1.82, 2.24) is 19.8 Å². The van der Waals surface area contributed by atoms with Crippen LogP contribution in [0.3, 0.4) is 0 Å². The summed E-state index contributed by atoms with van der Waals surface area (Å²) in [4.78, 5) is 39.9. The Labute approximate surface area is 189 Å². The first-order valence-corrected chi connectivity index (χ1v) is 11.4. The van der Waals surface area contributed by atoms with Crippen LogP contribution in [0.25, 0.3) is 0 Å². The fraction of sp³-hybridized carbons (Fsp3) is 0.500. The van der Waals surface area contributed by atoms with Gasteiger partial charge in [0.05, 0.1) is 6.54 Å². The van der Waals surface area contributed by atoms with Crippen LogP contribution in [0, 0.1) is 0 Å². The van der Waals surface area contributed by atoms with Gasteiger partial charge in [-0.2, -0.15) is 0 Å². The van der Waals surface area contributed by atoms with Gasteiger partial charge >= 0.3 is 0 Å². The Balaban J connectivity index is 1.55. The van der Waals surface area contributed by atoms with Crippen LogP contribution in [0.4, 0.5) is 11.6 Å². The molecule has 0 unspecified atom stereocenters. The molecule has 1 aromatic heterocycles. The summed E-state index contributed by atoms with van der Waals surface area (Å²) in [6, 6.07) is 8.53. The van der Waals surface area contributed by atoms with Crippen molar-refractivity contribution in [2.75, 3.05) is 43.9 Å². The Morgan fingerprint density at radius 1 is 1.09 bits per heavy atom. The van der Waals surface area contributed by atoms with E-state index in [9.17, 15) is 9.59 Å². The van der Waals surface area contributed by atoms with Gasteiger partial charge in [0.25, 0.3) is 5.91 Å². The Bertz CT molecular complexity index is 985. The molecule has 0 aliphatic carbocycles. The molecule has 3 heterocycles. The van der Waals surface area contributed by atoms with Gasteiger partial charge in [0.15, 0.2) is 5.78 Å².